The molecule has 1 atom stereocenters. The average Bonchev–Trinajstić information content (AvgIpc) is 2.29. The van der Waals surface area contributed by atoms with Crippen molar-refractivity contribution in [3.63, 3.8) is 0 Å². The maximum absolute atomic E-state index is 8.60. The van der Waals surface area contributed by atoms with Crippen molar-refractivity contribution in [3.8, 4) is 0 Å². The maximum Gasteiger partial charge on any atom is 0.0698 e. The first-order valence-electron chi connectivity index (χ1n) is 5.26. The summed E-state index contributed by atoms with van der Waals surface area (Å²) in [4.78, 5) is 0. The number of benzene rings is 1. The van der Waals surface area contributed by atoms with Crippen molar-refractivity contribution in [2.24, 2.45) is 0 Å². The molecule has 0 saturated carbocycles. The van der Waals surface area contributed by atoms with Gasteiger partial charge in [-0.3, -0.25) is 0 Å². The van der Waals surface area contributed by atoms with Crippen LogP contribution in [0.4, 0.5) is 0 Å². The number of rotatable bonds is 7. The molecular formula is C12H19NO2. The summed E-state index contributed by atoms with van der Waals surface area (Å²) in [5.41, 5.74) is 1.30. The minimum absolute atomic E-state index is 0.0851. The van der Waals surface area contributed by atoms with Crippen molar-refractivity contribution in [2.75, 3.05) is 26.9 Å². The molecule has 0 fully saturated rings. The molecule has 0 aromatic heterocycles. The van der Waals surface area contributed by atoms with Gasteiger partial charge in [0.2, 0.25) is 0 Å². The van der Waals surface area contributed by atoms with Crippen LogP contribution in [0.1, 0.15) is 5.56 Å². The molecule has 0 aliphatic heterocycles. The van der Waals surface area contributed by atoms with Crippen molar-refractivity contribution in [2.45, 2.75) is 12.5 Å². The highest BCUT2D eigenvalue weighted by molar-refractivity contribution is 5.15. The van der Waals surface area contributed by atoms with Gasteiger partial charge in [-0.1, -0.05) is 30.3 Å². The second kappa shape index (κ2) is 7.40. The van der Waals surface area contributed by atoms with Crippen LogP contribution in [-0.2, 0) is 11.2 Å². The fraction of sp³-hybridized carbons (Fsp3) is 0.500. The van der Waals surface area contributed by atoms with Gasteiger partial charge in [0, 0.05) is 6.04 Å². The van der Waals surface area contributed by atoms with Crippen LogP contribution in [0.2, 0.25) is 0 Å². The quantitative estimate of drug-likeness (QED) is 0.653. The lowest BCUT2D eigenvalue weighted by Gasteiger charge is -2.16. The summed E-state index contributed by atoms with van der Waals surface area (Å²) in [5, 5.41) is 11.8. The van der Waals surface area contributed by atoms with E-state index in [0.717, 1.165) is 6.42 Å². The Kier molecular flexibility index (Phi) is 6.00. The standard InChI is InChI=1S/C12H19NO2/c1-13-12(10-15-8-7-14)9-11-5-3-2-4-6-11/h2-6,12-14H,7-10H2,1H3. The fourth-order valence-corrected chi connectivity index (χ4v) is 1.43. The SMILES string of the molecule is CNC(COCCO)Cc1ccccc1. The zero-order valence-corrected chi connectivity index (χ0v) is 9.15. The van der Waals surface area contributed by atoms with Crippen LogP contribution in [0.25, 0.3) is 0 Å². The second-order valence-corrected chi connectivity index (χ2v) is 3.47. The summed E-state index contributed by atoms with van der Waals surface area (Å²) >= 11 is 0. The Morgan fingerprint density at radius 2 is 2.07 bits per heavy atom. The molecule has 0 amide bonds. The van der Waals surface area contributed by atoms with E-state index in [1.807, 2.05) is 25.2 Å². The second-order valence-electron chi connectivity index (χ2n) is 3.47. The molecule has 0 heterocycles. The van der Waals surface area contributed by atoms with E-state index in [9.17, 15) is 0 Å². The average molecular weight is 209 g/mol. The number of ether oxygens (including phenoxy) is 1. The molecular weight excluding hydrogens is 190 g/mol. The zero-order valence-electron chi connectivity index (χ0n) is 9.15. The van der Waals surface area contributed by atoms with Crippen LogP contribution in [0, 0.1) is 0 Å². The molecule has 3 heteroatoms. The lowest BCUT2D eigenvalue weighted by molar-refractivity contribution is 0.0781. The van der Waals surface area contributed by atoms with Crippen LogP contribution in [0.5, 0.6) is 0 Å². The minimum atomic E-state index is 0.0851. The molecule has 0 aliphatic rings. The maximum atomic E-state index is 8.60. The van der Waals surface area contributed by atoms with Gasteiger partial charge >= 0.3 is 0 Å². The molecule has 1 rings (SSSR count). The highest BCUT2D eigenvalue weighted by Crippen LogP contribution is 2.03. The van der Waals surface area contributed by atoms with Crippen LogP contribution >= 0.6 is 0 Å². The highest BCUT2D eigenvalue weighted by Gasteiger charge is 2.06. The van der Waals surface area contributed by atoms with Crippen LogP contribution < -0.4 is 5.32 Å². The van der Waals surface area contributed by atoms with Crippen LogP contribution in [-0.4, -0.2) is 38.0 Å². The Morgan fingerprint density at radius 3 is 2.67 bits per heavy atom. The normalized spacial score (nSPS) is 12.7. The number of nitrogens with one attached hydrogen (secondary N) is 1. The van der Waals surface area contributed by atoms with E-state index < -0.39 is 0 Å². The predicted octanol–water partition coefficient (Wildman–Crippen LogP) is 0.826. The molecule has 3 nitrogen and oxygen atoms in total. The summed E-state index contributed by atoms with van der Waals surface area (Å²) in [5.74, 6) is 0. The summed E-state index contributed by atoms with van der Waals surface area (Å²) < 4.78 is 5.30. The predicted molar refractivity (Wildman–Crippen MR) is 60.9 cm³/mol. The molecule has 0 aliphatic carbocycles. The smallest absolute Gasteiger partial charge is 0.0698 e. The van der Waals surface area contributed by atoms with Crippen molar-refractivity contribution in [3.05, 3.63) is 35.9 Å². The van der Waals surface area contributed by atoms with Crippen molar-refractivity contribution in [1.82, 2.24) is 5.32 Å². The largest absolute Gasteiger partial charge is 0.394 e. The van der Waals surface area contributed by atoms with E-state index in [1.165, 1.54) is 5.56 Å². The molecule has 0 radical (unpaired) electrons. The fourth-order valence-electron chi connectivity index (χ4n) is 1.43. The van der Waals surface area contributed by atoms with Gasteiger partial charge in [0.25, 0.3) is 0 Å². The molecule has 2 N–H and O–H groups in total. The van der Waals surface area contributed by atoms with E-state index in [1.54, 1.807) is 0 Å². The van der Waals surface area contributed by atoms with Gasteiger partial charge in [-0.25, -0.2) is 0 Å². The van der Waals surface area contributed by atoms with Crippen molar-refractivity contribution in [1.29, 1.82) is 0 Å². The monoisotopic (exact) mass is 209 g/mol. The topological polar surface area (TPSA) is 41.5 Å². The summed E-state index contributed by atoms with van der Waals surface area (Å²) in [6, 6.07) is 10.6. The number of hydrogen-bond donors (Lipinski definition) is 2. The molecule has 15 heavy (non-hydrogen) atoms. The van der Waals surface area contributed by atoms with E-state index in [2.05, 4.69) is 17.4 Å². The number of aliphatic hydroxyl groups excluding tert-OH is 1. The van der Waals surface area contributed by atoms with Gasteiger partial charge in [-0.2, -0.15) is 0 Å². The van der Waals surface area contributed by atoms with Crippen molar-refractivity contribution < 1.29 is 9.84 Å². The molecule has 84 valence electrons. The third kappa shape index (κ3) is 4.93. The van der Waals surface area contributed by atoms with Gasteiger partial charge in [0.05, 0.1) is 19.8 Å². The molecule has 0 saturated heterocycles. The highest BCUT2D eigenvalue weighted by atomic mass is 16.5. The van der Waals surface area contributed by atoms with E-state index in [0.29, 0.717) is 19.3 Å². The number of hydrogen-bond acceptors (Lipinski definition) is 3. The van der Waals surface area contributed by atoms with Gasteiger partial charge in [-0.05, 0) is 19.0 Å². The van der Waals surface area contributed by atoms with Gasteiger partial charge < -0.3 is 15.2 Å². The summed E-state index contributed by atoms with van der Waals surface area (Å²) in [7, 11) is 1.93. The Hall–Kier alpha value is -0.900. The lowest BCUT2D eigenvalue weighted by atomic mass is 10.1. The zero-order chi connectivity index (χ0) is 10.9. The first-order valence-corrected chi connectivity index (χ1v) is 5.26. The third-order valence-corrected chi connectivity index (χ3v) is 2.29. The van der Waals surface area contributed by atoms with Gasteiger partial charge in [-0.15, -0.1) is 0 Å². The van der Waals surface area contributed by atoms with E-state index in [4.69, 9.17) is 9.84 Å². The minimum Gasteiger partial charge on any atom is -0.394 e. The summed E-state index contributed by atoms with van der Waals surface area (Å²) in [6.45, 7) is 1.13. The van der Waals surface area contributed by atoms with Crippen molar-refractivity contribution >= 4 is 0 Å². The number of aliphatic hydroxyl groups is 1. The molecule has 1 unspecified atom stereocenters. The Morgan fingerprint density at radius 1 is 1.33 bits per heavy atom. The lowest BCUT2D eigenvalue weighted by Crippen LogP contribution is -2.32. The van der Waals surface area contributed by atoms with Gasteiger partial charge in [0.1, 0.15) is 0 Å². The first-order chi connectivity index (χ1) is 7.36. The van der Waals surface area contributed by atoms with Gasteiger partial charge in [0.15, 0.2) is 0 Å². The Bertz CT molecular complexity index is 251. The molecule has 1 aromatic rings. The summed E-state index contributed by atoms with van der Waals surface area (Å²) in [6.07, 6.45) is 0.947. The Balaban J connectivity index is 2.33. The molecule has 0 spiro atoms. The van der Waals surface area contributed by atoms with E-state index in [-0.39, 0.29) is 6.61 Å². The van der Waals surface area contributed by atoms with Crippen LogP contribution in [0.15, 0.2) is 30.3 Å². The molecule has 1 aromatic carbocycles. The Labute approximate surface area is 91.1 Å². The molecule has 0 bridgehead atoms. The first kappa shape index (κ1) is 12.2. The third-order valence-electron chi connectivity index (χ3n) is 2.29. The van der Waals surface area contributed by atoms with Crippen LogP contribution in [0.3, 0.4) is 0 Å². The number of likely N-dealkylation sites (N-methyl/N-ethyl adjacent to an activating group) is 1. The van der Waals surface area contributed by atoms with E-state index >= 15 is 0 Å².